The van der Waals surface area contributed by atoms with Crippen molar-refractivity contribution < 1.29 is 14.3 Å². The van der Waals surface area contributed by atoms with E-state index in [2.05, 4.69) is 6.58 Å². The molecule has 2 atom stereocenters. The van der Waals surface area contributed by atoms with Crippen LogP contribution in [0.2, 0.25) is 0 Å². The van der Waals surface area contributed by atoms with Gasteiger partial charge in [0.25, 0.3) is 0 Å². The molecular weight excluding hydrogens is 280 g/mol. The van der Waals surface area contributed by atoms with Crippen molar-refractivity contribution >= 4 is 22.6 Å². The molecule has 5 heteroatoms. The molecule has 0 bridgehead atoms. The molecule has 1 heterocycles. The fraction of sp³-hybridized carbons (Fsp3) is 0.267. The number of aliphatic hydroxyl groups is 1. The lowest BCUT2D eigenvalue weighted by atomic mass is 9.99. The van der Waals surface area contributed by atoms with Gasteiger partial charge >= 0.3 is 5.63 Å². The average Bonchev–Trinajstić information content (AvgIpc) is 2.44. The second kappa shape index (κ2) is 5.69. The Morgan fingerprint density at radius 1 is 1.40 bits per heavy atom. The molecule has 0 saturated heterocycles. The van der Waals surface area contributed by atoms with E-state index >= 15 is 0 Å². The van der Waals surface area contributed by atoms with E-state index in [1.165, 1.54) is 13.2 Å². The van der Waals surface area contributed by atoms with E-state index in [9.17, 15) is 9.90 Å². The molecule has 0 spiro atoms. The number of hydrogen-bond acceptors (Lipinski definition) is 4. The van der Waals surface area contributed by atoms with Crippen molar-refractivity contribution in [1.29, 1.82) is 0 Å². The first-order chi connectivity index (χ1) is 9.45. The van der Waals surface area contributed by atoms with Crippen molar-refractivity contribution in [2.45, 2.75) is 18.4 Å². The van der Waals surface area contributed by atoms with Gasteiger partial charge in [-0.05, 0) is 25.1 Å². The Hall–Kier alpha value is -1.78. The summed E-state index contributed by atoms with van der Waals surface area (Å²) in [5.74, 6) is 0.451. The number of ether oxygens (including phenoxy) is 1. The highest BCUT2D eigenvalue weighted by molar-refractivity contribution is 6.22. The number of fused-ring (bicyclic) bond motifs is 1. The Balaban J connectivity index is 2.73. The van der Waals surface area contributed by atoms with Gasteiger partial charge in [-0.2, -0.15) is 0 Å². The maximum atomic E-state index is 11.4. The number of aliphatic hydroxyl groups excluding tert-OH is 1. The number of benzene rings is 1. The van der Waals surface area contributed by atoms with Gasteiger partial charge in [0, 0.05) is 11.5 Å². The zero-order valence-corrected chi connectivity index (χ0v) is 12.0. The summed E-state index contributed by atoms with van der Waals surface area (Å²) >= 11 is 6.31. The second-order valence-electron chi connectivity index (χ2n) is 4.55. The van der Waals surface area contributed by atoms with E-state index in [4.69, 9.17) is 20.8 Å². The lowest BCUT2D eigenvalue weighted by Gasteiger charge is -2.20. The Labute approximate surface area is 121 Å². The van der Waals surface area contributed by atoms with Crippen molar-refractivity contribution in [3.05, 3.63) is 52.4 Å². The molecule has 4 nitrogen and oxygen atoms in total. The standard InChI is InChI=1S/C15H15ClO4/c1-8(2)14(18)13(16)12-10(19-3)6-4-9-5-7-11(17)20-15(9)12/h4-7,13-14,18H,1H2,2-3H3/t13-,14+/m0/s1. The first-order valence-corrected chi connectivity index (χ1v) is 6.47. The molecule has 1 aromatic heterocycles. The molecule has 2 rings (SSSR count). The smallest absolute Gasteiger partial charge is 0.336 e. The van der Waals surface area contributed by atoms with Crippen LogP contribution in [0, 0.1) is 0 Å². The third kappa shape index (κ3) is 2.57. The molecule has 106 valence electrons. The summed E-state index contributed by atoms with van der Waals surface area (Å²) in [4.78, 5) is 11.4. The van der Waals surface area contributed by atoms with Crippen LogP contribution in [0.15, 0.2) is 45.6 Å². The van der Waals surface area contributed by atoms with Crippen LogP contribution in [0.5, 0.6) is 5.75 Å². The van der Waals surface area contributed by atoms with Crippen molar-refractivity contribution in [3.8, 4) is 5.75 Å². The van der Waals surface area contributed by atoms with Gasteiger partial charge in [0.1, 0.15) is 11.3 Å². The van der Waals surface area contributed by atoms with E-state index in [1.807, 2.05) is 0 Å². The van der Waals surface area contributed by atoms with E-state index in [0.717, 1.165) is 0 Å². The third-order valence-electron chi connectivity index (χ3n) is 3.07. The molecule has 0 unspecified atom stereocenters. The number of alkyl halides is 1. The lowest BCUT2D eigenvalue weighted by molar-refractivity contribution is 0.204. The van der Waals surface area contributed by atoms with Crippen LogP contribution in [0.4, 0.5) is 0 Å². The molecule has 0 aliphatic heterocycles. The Bertz CT molecular complexity index is 705. The maximum absolute atomic E-state index is 11.4. The Morgan fingerprint density at radius 3 is 2.65 bits per heavy atom. The van der Waals surface area contributed by atoms with Crippen LogP contribution >= 0.6 is 11.6 Å². The highest BCUT2D eigenvalue weighted by Gasteiger charge is 2.26. The molecular formula is C15H15ClO4. The number of rotatable bonds is 4. The number of halogens is 1. The largest absolute Gasteiger partial charge is 0.496 e. The number of hydrogen-bond donors (Lipinski definition) is 1. The summed E-state index contributed by atoms with van der Waals surface area (Å²) in [6.45, 7) is 5.36. The summed E-state index contributed by atoms with van der Waals surface area (Å²) in [5, 5.41) is 9.98. The summed E-state index contributed by atoms with van der Waals surface area (Å²) < 4.78 is 10.5. The molecule has 0 aliphatic carbocycles. The molecule has 0 saturated carbocycles. The van der Waals surface area contributed by atoms with E-state index in [-0.39, 0.29) is 0 Å². The molecule has 2 aromatic rings. The fourth-order valence-electron chi connectivity index (χ4n) is 1.98. The fourth-order valence-corrected chi connectivity index (χ4v) is 2.40. The topological polar surface area (TPSA) is 59.7 Å². The van der Waals surface area contributed by atoms with E-state index < -0.39 is 17.1 Å². The predicted molar refractivity (Wildman–Crippen MR) is 78.5 cm³/mol. The van der Waals surface area contributed by atoms with Gasteiger partial charge in [0.15, 0.2) is 0 Å². The van der Waals surface area contributed by atoms with Crippen molar-refractivity contribution in [2.24, 2.45) is 0 Å². The quantitative estimate of drug-likeness (QED) is 0.535. The van der Waals surface area contributed by atoms with Gasteiger partial charge in [0.05, 0.1) is 24.2 Å². The van der Waals surface area contributed by atoms with Crippen molar-refractivity contribution in [3.63, 3.8) is 0 Å². The minimum atomic E-state index is -0.971. The molecule has 0 amide bonds. The second-order valence-corrected chi connectivity index (χ2v) is 5.02. The van der Waals surface area contributed by atoms with Crippen LogP contribution < -0.4 is 10.4 Å². The van der Waals surface area contributed by atoms with Crippen LogP contribution in [-0.4, -0.2) is 18.3 Å². The van der Waals surface area contributed by atoms with E-state index in [0.29, 0.717) is 27.9 Å². The van der Waals surface area contributed by atoms with Gasteiger partial charge in [-0.15, -0.1) is 11.6 Å². The summed E-state index contributed by atoms with van der Waals surface area (Å²) in [6, 6.07) is 6.45. The minimum Gasteiger partial charge on any atom is -0.496 e. The zero-order valence-electron chi connectivity index (χ0n) is 11.2. The van der Waals surface area contributed by atoms with Crippen molar-refractivity contribution in [1.82, 2.24) is 0 Å². The SMILES string of the molecule is C=C(C)[C@@H](O)[C@@H](Cl)c1c(OC)ccc2ccc(=O)oc12. The first-order valence-electron chi connectivity index (χ1n) is 6.04. The average molecular weight is 295 g/mol. The summed E-state index contributed by atoms with van der Waals surface area (Å²) in [7, 11) is 1.49. The van der Waals surface area contributed by atoms with Crippen molar-refractivity contribution in [2.75, 3.05) is 7.11 Å². The minimum absolute atomic E-state index is 0.317. The van der Waals surface area contributed by atoms with Crippen LogP contribution in [-0.2, 0) is 0 Å². The van der Waals surface area contributed by atoms with Crippen LogP contribution in [0.3, 0.4) is 0 Å². The van der Waals surface area contributed by atoms with Gasteiger partial charge in [-0.3, -0.25) is 0 Å². The third-order valence-corrected chi connectivity index (χ3v) is 3.52. The first kappa shape index (κ1) is 14.6. The zero-order chi connectivity index (χ0) is 14.9. The molecule has 1 aromatic carbocycles. The molecule has 1 N–H and O–H groups in total. The summed E-state index contributed by atoms with van der Waals surface area (Å²) in [6.07, 6.45) is -0.971. The summed E-state index contributed by atoms with van der Waals surface area (Å²) in [5.41, 5.74) is 0.792. The Morgan fingerprint density at radius 2 is 2.05 bits per heavy atom. The van der Waals surface area contributed by atoms with Crippen LogP contribution in [0.1, 0.15) is 17.9 Å². The highest BCUT2D eigenvalue weighted by atomic mass is 35.5. The van der Waals surface area contributed by atoms with Gasteiger partial charge in [-0.25, -0.2) is 4.79 Å². The molecule has 20 heavy (non-hydrogen) atoms. The molecule has 0 radical (unpaired) electrons. The lowest BCUT2D eigenvalue weighted by Crippen LogP contribution is -2.16. The maximum Gasteiger partial charge on any atom is 0.336 e. The highest BCUT2D eigenvalue weighted by Crippen LogP contribution is 2.38. The predicted octanol–water partition coefficient (Wildman–Crippen LogP) is 3.02. The molecule has 0 aliphatic rings. The normalized spacial score (nSPS) is 14.0. The van der Waals surface area contributed by atoms with Crippen LogP contribution in [0.25, 0.3) is 11.0 Å². The van der Waals surface area contributed by atoms with Gasteiger partial charge in [-0.1, -0.05) is 12.2 Å². The number of methoxy groups -OCH3 is 1. The Kier molecular flexibility index (Phi) is 4.16. The monoisotopic (exact) mass is 294 g/mol. The van der Waals surface area contributed by atoms with Gasteiger partial charge in [0.2, 0.25) is 0 Å². The van der Waals surface area contributed by atoms with Gasteiger partial charge < -0.3 is 14.3 Å². The van der Waals surface area contributed by atoms with E-state index in [1.54, 1.807) is 25.1 Å². The molecule has 0 fully saturated rings.